The van der Waals surface area contributed by atoms with Crippen molar-refractivity contribution in [2.45, 2.75) is 201 Å². The Bertz CT molecular complexity index is 4710. The SMILES string of the molecule is CC(Br)C(=O)OC1CCC(C(=O)[O-])C(OC(=O)C(C)Br)C1.CC(Br)C(=O)Oc1cc(OC(=O)C(C)Br)cc(C(=O)[O-])c1.CC(C)(Br)C(=O)Oc1cc(OC(=O)C(C)(C)Br)c(C(=O)[O-])c(OC(=O)C(C)(C)Br)c1.CC(C)(Br)C(=O)Oc1cc(OC(=O)C(C)(C)Br)cc(C(=O)[O-])c1.O=C(CBr)OC1CCC(C(=O)[O-])C(OC(=O)CBr)C1.O=C(CBr)Oc1cc(OC(=O)CBr)cc(C(=O)[O-])c1. The monoisotopic (exact) mass is 2700 g/mol. The largest absolute Gasteiger partial charge is 0.550 e. The number of aliphatic carboxylic acids is 2. The number of carboxylic acids is 6. The lowest BCUT2D eigenvalue weighted by Gasteiger charge is -2.36. The van der Waals surface area contributed by atoms with Crippen LogP contribution in [0, 0.1) is 11.8 Å². The van der Waals surface area contributed by atoms with E-state index in [0.717, 1.165) is 48.5 Å². The summed E-state index contributed by atoms with van der Waals surface area (Å²) in [4.78, 5) is 216. The summed E-state index contributed by atoms with van der Waals surface area (Å²) in [6.45, 7) is 21.6. The van der Waals surface area contributed by atoms with Crippen molar-refractivity contribution in [2.75, 3.05) is 21.3 Å². The molecule has 0 aliphatic heterocycles. The summed E-state index contributed by atoms with van der Waals surface area (Å²) >= 11 is 39.6. The van der Waals surface area contributed by atoms with Crippen LogP contribution >= 0.6 is 207 Å². The maximum absolute atomic E-state index is 12.3. The highest BCUT2D eigenvalue weighted by Gasteiger charge is 2.40. The minimum Gasteiger partial charge on any atom is -0.550 e. The normalized spacial score (nSPS) is 16.5. The second-order valence-electron chi connectivity index (χ2n) is 29.8. The standard InChI is InChI=1S/C19H21Br3O8.C15H16Br2O6.C13H12Br2O6.C13H18Br2O6.C11H8Br2O6.C11H14Br2O6/c1-17(2,20)14(25)28-9-7-10(29-15(26)18(3,4)21)12(13(23)24)11(8-9)30-16(27)19(5,6)22;1-14(2,16)12(20)22-9-5-8(11(18)19)6-10(7-9)23-13(21)15(3,4)17;1-6(14)12(18)20-9-3-8(11(16)17)4-10(5-9)21-13(19)7(2)15;1-6(14)12(18)20-8-3-4-9(11(16)17)10(5-8)21-13(19)7(2)15;12-4-9(14)18-7-1-6(11(16)17)2-8(3-7)19-10(15)5-13;12-4-9(14)18-6-1-2-7(11(16)17)8(3-6)19-10(15)5-13/h7-8H,1-6H3,(H,23,24);5-7H,1-4H3,(H,18,19);3-7H,1-2H3,(H,16,17);6-10H,3-5H2,1-2H3,(H,16,17);1-3H,4-5H2,(H,16,17);6-8H,1-5H2,(H,16,17)/p-6. The van der Waals surface area contributed by atoms with Gasteiger partial charge in [-0.15, -0.1) is 0 Å². The first-order chi connectivity index (χ1) is 61.0. The van der Waals surface area contributed by atoms with E-state index in [4.69, 9.17) is 61.6 Å². The van der Waals surface area contributed by atoms with Crippen molar-refractivity contribution in [1.82, 2.24) is 0 Å². The highest BCUT2D eigenvalue weighted by molar-refractivity contribution is 9.11. The molecule has 0 amide bonds. The Morgan fingerprint density at radius 1 is 0.301 bits per heavy atom. The van der Waals surface area contributed by atoms with Gasteiger partial charge >= 0.3 is 77.6 Å². The molecule has 10 atom stereocenters. The Morgan fingerprint density at radius 3 is 0.797 bits per heavy atom. The fraction of sp³-hybridized carbons (Fsp3) is 0.476. The highest BCUT2D eigenvalue weighted by Crippen LogP contribution is 2.39. The Balaban J connectivity index is 0.000000804. The highest BCUT2D eigenvalue weighted by atomic mass is 79.9. The van der Waals surface area contributed by atoms with Crippen molar-refractivity contribution in [3.05, 3.63) is 89.0 Å². The Labute approximate surface area is 869 Å². The van der Waals surface area contributed by atoms with Crippen LogP contribution in [0.1, 0.15) is 177 Å². The van der Waals surface area contributed by atoms with Crippen LogP contribution in [-0.2, 0) is 90.9 Å². The average Bonchev–Trinajstić information content (AvgIpc) is 0.791. The summed E-state index contributed by atoms with van der Waals surface area (Å²) in [7, 11) is 0. The van der Waals surface area contributed by atoms with Crippen LogP contribution in [0.25, 0.3) is 0 Å². The lowest BCUT2D eigenvalue weighted by atomic mass is 9.84. The number of carbonyl (C=O) groups excluding carboxylic acids is 19. The van der Waals surface area contributed by atoms with Crippen LogP contribution in [0.2, 0.25) is 0 Å². The summed E-state index contributed by atoms with van der Waals surface area (Å²) in [5.74, 6) is -20.1. The molecule has 2 aliphatic carbocycles. The molecule has 6 rings (SSSR count). The predicted molar refractivity (Wildman–Crippen MR) is 502 cm³/mol. The summed E-state index contributed by atoms with van der Waals surface area (Å²) in [5.41, 5.74) is -1.51. The molecular formula is C82H83Br13O38-6. The Hall–Kier alpha value is -6.95. The van der Waals surface area contributed by atoms with Gasteiger partial charge in [0.25, 0.3) is 0 Å². The number of carbonyl (C=O) groups is 19. The van der Waals surface area contributed by atoms with Gasteiger partial charge in [0.1, 0.15) is 138 Å². The van der Waals surface area contributed by atoms with E-state index >= 15 is 0 Å². The van der Waals surface area contributed by atoms with E-state index in [9.17, 15) is 122 Å². The lowest BCUT2D eigenvalue weighted by molar-refractivity contribution is -0.317. The molecular weight excluding hydrogens is 2630 g/mol. The number of benzene rings is 4. The molecule has 2 aliphatic rings. The summed E-state index contributed by atoms with van der Waals surface area (Å²) < 4.78 is 60.7. The fourth-order valence-electron chi connectivity index (χ4n) is 9.37. The van der Waals surface area contributed by atoms with E-state index in [0.29, 0.717) is 12.8 Å². The van der Waals surface area contributed by atoms with Gasteiger partial charge in [-0.1, -0.05) is 207 Å². The molecule has 0 heterocycles. The molecule has 736 valence electrons. The third-order valence-corrected chi connectivity index (χ3v) is 20.9. The molecule has 10 unspecified atom stereocenters. The third kappa shape index (κ3) is 46.8. The molecule has 133 heavy (non-hydrogen) atoms. The van der Waals surface area contributed by atoms with E-state index in [1.807, 2.05) is 0 Å². The van der Waals surface area contributed by atoms with Crippen molar-refractivity contribution in [2.24, 2.45) is 11.8 Å². The van der Waals surface area contributed by atoms with Crippen LogP contribution in [0.5, 0.6) is 51.7 Å². The molecule has 0 radical (unpaired) electrons. The summed E-state index contributed by atoms with van der Waals surface area (Å²) in [6.07, 6.45) is -0.913. The summed E-state index contributed by atoms with van der Waals surface area (Å²) in [6, 6.07) is 12.4. The molecule has 0 N–H and O–H groups in total. The zero-order chi connectivity index (χ0) is 103. The fourth-order valence-corrected chi connectivity index (χ4v) is 10.7. The summed E-state index contributed by atoms with van der Waals surface area (Å²) in [5, 5.41) is 66.6. The second kappa shape index (κ2) is 57.4. The van der Waals surface area contributed by atoms with Crippen LogP contribution in [0.15, 0.2) is 66.7 Å². The van der Waals surface area contributed by atoms with Crippen molar-refractivity contribution in [3.63, 3.8) is 0 Å². The molecule has 38 nitrogen and oxygen atoms in total. The van der Waals surface area contributed by atoms with Crippen molar-refractivity contribution < 1.29 is 183 Å². The van der Waals surface area contributed by atoms with Crippen molar-refractivity contribution in [1.29, 1.82) is 0 Å². The Morgan fingerprint density at radius 2 is 0.541 bits per heavy atom. The van der Waals surface area contributed by atoms with Gasteiger partial charge in [0.05, 0.1) is 29.4 Å². The van der Waals surface area contributed by atoms with Gasteiger partial charge < -0.3 is 121 Å². The zero-order valence-electron chi connectivity index (χ0n) is 72.1. The zero-order valence-corrected chi connectivity index (χ0v) is 92.7. The van der Waals surface area contributed by atoms with Gasteiger partial charge in [-0.2, -0.15) is 0 Å². The van der Waals surface area contributed by atoms with Gasteiger partial charge in [-0.05, 0) is 159 Å². The first-order valence-electron chi connectivity index (χ1n) is 37.9. The lowest BCUT2D eigenvalue weighted by Crippen LogP contribution is -2.46. The van der Waals surface area contributed by atoms with E-state index in [2.05, 4.69) is 207 Å². The Kier molecular flexibility index (Phi) is 53.6. The molecule has 0 saturated heterocycles. The maximum atomic E-state index is 12.3. The quantitative estimate of drug-likeness (QED) is 0.0191. The second-order valence-corrected chi connectivity index (χ2v) is 47.4. The number of hydrogen-bond donors (Lipinski definition) is 0. The van der Waals surface area contributed by atoms with Gasteiger partial charge in [0, 0.05) is 83.6 Å². The number of carboxylic acid groups (broad SMARTS) is 6. The molecule has 0 bridgehead atoms. The van der Waals surface area contributed by atoms with Crippen LogP contribution in [-0.4, -0.2) is 200 Å². The number of hydrogen-bond acceptors (Lipinski definition) is 38. The van der Waals surface area contributed by atoms with Crippen molar-refractivity contribution in [3.8, 4) is 51.7 Å². The molecule has 51 heteroatoms. The third-order valence-electron chi connectivity index (χ3n) is 15.9. The topological polar surface area (TPSA) is 583 Å². The first-order valence-corrected chi connectivity index (χ1v) is 50.0. The molecule has 4 aromatic rings. The van der Waals surface area contributed by atoms with E-state index in [-0.39, 0.29) is 104 Å². The molecule has 0 spiro atoms. The van der Waals surface area contributed by atoms with Gasteiger partial charge in [-0.3, -0.25) is 62.3 Å². The number of alkyl halides is 13. The number of ether oxygens (including phenoxy) is 13. The van der Waals surface area contributed by atoms with Crippen LogP contribution in [0.3, 0.4) is 0 Å². The molecule has 0 aromatic heterocycles. The van der Waals surface area contributed by atoms with Gasteiger partial charge in [-0.25, -0.2) is 0 Å². The molecule has 2 fully saturated rings. The van der Waals surface area contributed by atoms with Crippen LogP contribution in [0.4, 0.5) is 0 Å². The minimum absolute atomic E-state index is 0.0187. The van der Waals surface area contributed by atoms with E-state index in [1.165, 1.54) is 59.7 Å². The van der Waals surface area contributed by atoms with Crippen LogP contribution < -0.4 is 73.3 Å². The molecule has 2 saturated carbocycles. The number of aromatic carboxylic acids is 4. The predicted octanol–water partition coefficient (Wildman–Crippen LogP) is 8.65. The maximum Gasteiger partial charge on any atom is 0.327 e. The van der Waals surface area contributed by atoms with Gasteiger partial charge in [0.15, 0.2) is 0 Å². The number of halogens is 13. The first kappa shape index (κ1) is 124. The molecule has 4 aromatic carbocycles. The minimum atomic E-state index is -1.76. The number of rotatable bonds is 32. The van der Waals surface area contributed by atoms with Crippen molar-refractivity contribution >= 4 is 321 Å². The van der Waals surface area contributed by atoms with E-state index < -0.39 is 208 Å². The number of esters is 13. The smallest absolute Gasteiger partial charge is 0.327 e. The van der Waals surface area contributed by atoms with E-state index in [1.54, 1.807) is 55.4 Å². The average molecular weight is 2720 g/mol. The van der Waals surface area contributed by atoms with Gasteiger partial charge in [0.2, 0.25) is 0 Å².